The Morgan fingerprint density at radius 2 is 2.16 bits per heavy atom. The number of ether oxygens (including phenoxy) is 1. The van der Waals surface area contributed by atoms with Gasteiger partial charge in [0, 0.05) is 5.56 Å². The number of oxazole rings is 1. The Bertz CT molecular complexity index is 592. The molecule has 2 aromatic rings. The second-order valence-corrected chi connectivity index (χ2v) is 3.95. The highest BCUT2D eigenvalue weighted by Gasteiger charge is 2.20. The quantitative estimate of drug-likeness (QED) is 0.795. The Balaban J connectivity index is 2.45. The van der Waals surface area contributed by atoms with Crippen molar-refractivity contribution in [2.45, 2.75) is 20.3 Å². The molecule has 0 aliphatic rings. The molecule has 0 aliphatic carbocycles. The van der Waals surface area contributed by atoms with Gasteiger partial charge in [0.25, 0.3) is 0 Å². The van der Waals surface area contributed by atoms with Gasteiger partial charge in [-0.15, -0.1) is 0 Å². The van der Waals surface area contributed by atoms with Crippen molar-refractivity contribution in [1.82, 2.24) is 4.98 Å². The van der Waals surface area contributed by atoms with E-state index in [0.717, 1.165) is 12.0 Å². The second-order valence-electron chi connectivity index (χ2n) is 3.95. The van der Waals surface area contributed by atoms with Crippen molar-refractivity contribution in [2.75, 3.05) is 6.61 Å². The predicted octanol–water partition coefficient (Wildman–Crippen LogP) is 3.22. The van der Waals surface area contributed by atoms with Crippen LogP contribution in [-0.4, -0.2) is 17.6 Å². The molecule has 0 aliphatic heterocycles. The van der Waals surface area contributed by atoms with Crippen LogP contribution in [0.2, 0.25) is 0 Å². The van der Waals surface area contributed by atoms with E-state index >= 15 is 0 Å². The van der Waals surface area contributed by atoms with E-state index in [1.54, 1.807) is 13.0 Å². The van der Waals surface area contributed by atoms with Crippen LogP contribution in [0, 0.1) is 5.82 Å². The predicted molar refractivity (Wildman–Crippen MR) is 67.2 cm³/mol. The summed E-state index contributed by atoms with van der Waals surface area (Å²) in [6.45, 7) is 3.87. The van der Waals surface area contributed by atoms with Crippen LogP contribution in [0.4, 0.5) is 4.39 Å². The Morgan fingerprint density at radius 1 is 1.37 bits per heavy atom. The first-order valence-corrected chi connectivity index (χ1v) is 6.06. The maximum absolute atomic E-state index is 13.5. The molecule has 4 nitrogen and oxygen atoms in total. The fourth-order valence-corrected chi connectivity index (χ4v) is 1.78. The van der Waals surface area contributed by atoms with Crippen molar-refractivity contribution in [3.8, 4) is 11.3 Å². The third kappa shape index (κ3) is 2.81. The molecule has 1 aromatic heterocycles. The summed E-state index contributed by atoms with van der Waals surface area (Å²) in [5, 5.41) is 0. The van der Waals surface area contributed by atoms with Crippen LogP contribution in [0.5, 0.6) is 0 Å². The number of rotatable bonds is 4. The van der Waals surface area contributed by atoms with E-state index in [1.807, 2.05) is 6.92 Å². The lowest BCUT2D eigenvalue weighted by molar-refractivity contribution is 0.0520. The third-order valence-corrected chi connectivity index (χ3v) is 2.66. The van der Waals surface area contributed by atoms with E-state index in [0.29, 0.717) is 12.0 Å². The van der Waals surface area contributed by atoms with Gasteiger partial charge in [0.2, 0.25) is 0 Å². The summed E-state index contributed by atoms with van der Waals surface area (Å²) < 4.78 is 23.6. The molecule has 0 N–H and O–H groups in total. The molecule has 0 unspecified atom stereocenters. The lowest BCUT2D eigenvalue weighted by atomic mass is 10.1. The number of hydrogen-bond acceptors (Lipinski definition) is 4. The van der Waals surface area contributed by atoms with E-state index in [4.69, 9.17) is 9.15 Å². The molecular weight excluding hydrogens is 249 g/mol. The second kappa shape index (κ2) is 5.65. The lowest BCUT2D eigenvalue weighted by Gasteiger charge is -2.04. The average Bonchev–Trinajstić information content (AvgIpc) is 2.87. The first-order chi connectivity index (χ1) is 9.15. The summed E-state index contributed by atoms with van der Waals surface area (Å²) in [6.07, 6.45) is 1.84. The molecule has 0 radical (unpaired) electrons. The molecule has 1 aromatic carbocycles. The highest BCUT2D eigenvalue weighted by molar-refractivity contribution is 5.93. The number of halogens is 1. The van der Waals surface area contributed by atoms with Crippen molar-refractivity contribution in [2.24, 2.45) is 0 Å². The molecule has 2 rings (SSSR count). The molecule has 0 saturated heterocycles. The van der Waals surface area contributed by atoms with E-state index in [-0.39, 0.29) is 23.9 Å². The van der Waals surface area contributed by atoms with Crippen LogP contribution in [0.3, 0.4) is 0 Å². The van der Waals surface area contributed by atoms with Crippen molar-refractivity contribution in [3.63, 3.8) is 0 Å². The molecule has 0 saturated carbocycles. The van der Waals surface area contributed by atoms with Gasteiger partial charge in [0.1, 0.15) is 5.82 Å². The summed E-state index contributed by atoms with van der Waals surface area (Å²) in [6, 6.07) is 4.53. The van der Waals surface area contributed by atoms with Gasteiger partial charge in [0.15, 0.2) is 17.8 Å². The molecular formula is C14H14FNO3. The highest BCUT2D eigenvalue weighted by Crippen LogP contribution is 2.26. The van der Waals surface area contributed by atoms with Crippen LogP contribution in [-0.2, 0) is 11.2 Å². The number of carbonyl (C=O) groups is 1. The summed E-state index contributed by atoms with van der Waals surface area (Å²) in [5.74, 6) is -0.721. The molecule has 0 spiro atoms. The minimum atomic E-state index is -0.575. The van der Waals surface area contributed by atoms with Crippen molar-refractivity contribution >= 4 is 5.97 Å². The minimum Gasteiger partial charge on any atom is -0.461 e. The number of aromatic nitrogens is 1. The maximum atomic E-state index is 13.5. The zero-order chi connectivity index (χ0) is 13.8. The van der Waals surface area contributed by atoms with E-state index < -0.39 is 5.97 Å². The number of carbonyl (C=O) groups excluding carboxylic acids is 1. The Labute approximate surface area is 110 Å². The summed E-state index contributed by atoms with van der Waals surface area (Å²) in [5.41, 5.74) is 1.37. The van der Waals surface area contributed by atoms with Crippen LogP contribution >= 0.6 is 0 Å². The fraction of sp³-hybridized carbons (Fsp3) is 0.286. The largest absolute Gasteiger partial charge is 0.461 e. The summed E-state index contributed by atoms with van der Waals surface area (Å²) >= 11 is 0. The Hall–Kier alpha value is -2.17. The molecule has 0 bridgehead atoms. The van der Waals surface area contributed by atoms with Gasteiger partial charge in [-0.05, 0) is 37.1 Å². The number of nitrogens with zero attached hydrogens (tertiary/aromatic N) is 1. The zero-order valence-corrected chi connectivity index (χ0v) is 10.8. The average molecular weight is 263 g/mol. The third-order valence-electron chi connectivity index (χ3n) is 2.66. The normalized spacial score (nSPS) is 10.5. The van der Waals surface area contributed by atoms with Crippen molar-refractivity contribution in [1.29, 1.82) is 0 Å². The van der Waals surface area contributed by atoms with Crippen LogP contribution in [0.25, 0.3) is 11.3 Å². The number of esters is 1. The van der Waals surface area contributed by atoms with Crippen LogP contribution in [0.15, 0.2) is 29.0 Å². The number of hydrogen-bond donors (Lipinski definition) is 0. The maximum Gasteiger partial charge on any atom is 0.360 e. The van der Waals surface area contributed by atoms with Gasteiger partial charge in [-0.25, -0.2) is 14.2 Å². The van der Waals surface area contributed by atoms with Crippen molar-refractivity contribution in [3.05, 3.63) is 41.7 Å². The summed E-state index contributed by atoms with van der Waals surface area (Å²) in [4.78, 5) is 15.5. The van der Waals surface area contributed by atoms with Crippen LogP contribution in [0.1, 0.15) is 29.9 Å². The molecule has 19 heavy (non-hydrogen) atoms. The number of aryl methyl sites for hydroxylation is 1. The highest BCUT2D eigenvalue weighted by atomic mass is 19.1. The summed E-state index contributed by atoms with van der Waals surface area (Å²) in [7, 11) is 0. The molecule has 5 heteroatoms. The first-order valence-electron chi connectivity index (χ1n) is 6.06. The molecule has 0 atom stereocenters. The zero-order valence-electron chi connectivity index (χ0n) is 10.8. The van der Waals surface area contributed by atoms with Gasteiger partial charge in [-0.2, -0.15) is 0 Å². The van der Waals surface area contributed by atoms with Crippen molar-refractivity contribution < 1.29 is 18.3 Å². The fourth-order valence-electron chi connectivity index (χ4n) is 1.78. The standard InChI is InChI=1S/C14H14FNO3/c1-3-9-5-10(7-11(15)6-9)13-12(16-8-19-13)14(17)18-4-2/h5-8H,3-4H2,1-2H3. The SMILES string of the molecule is CCOC(=O)c1ncoc1-c1cc(F)cc(CC)c1. The molecule has 1 heterocycles. The van der Waals surface area contributed by atoms with Gasteiger partial charge >= 0.3 is 5.97 Å². The first kappa shape index (κ1) is 13.3. The van der Waals surface area contributed by atoms with Gasteiger partial charge in [0.05, 0.1) is 6.61 Å². The lowest BCUT2D eigenvalue weighted by Crippen LogP contribution is -2.06. The molecule has 0 amide bonds. The monoisotopic (exact) mass is 263 g/mol. The number of benzene rings is 1. The van der Waals surface area contributed by atoms with Gasteiger partial charge in [-0.3, -0.25) is 0 Å². The Morgan fingerprint density at radius 3 is 2.84 bits per heavy atom. The molecule has 0 fully saturated rings. The van der Waals surface area contributed by atoms with Gasteiger partial charge in [-0.1, -0.05) is 6.92 Å². The van der Waals surface area contributed by atoms with Gasteiger partial charge < -0.3 is 9.15 Å². The molecule has 100 valence electrons. The van der Waals surface area contributed by atoms with E-state index in [1.165, 1.54) is 12.1 Å². The minimum absolute atomic E-state index is 0.0644. The van der Waals surface area contributed by atoms with E-state index in [2.05, 4.69) is 4.98 Å². The topological polar surface area (TPSA) is 52.3 Å². The Kier molecular flexibility index (Phi) is 3.94. The smallest absolute Gasteiger partial charge is 0.360 e. The van der Waals surface area contributed by atoms with E-state index in [9.17, 15) is 9.18 Å². The van der Waals surface area contributed by atoms with Crippen LogP contribution < -0.4 is 0 Å².